The van der Waals surface area contributed by atoms with Gasteiger partial charge in [-0.05, 0) is 81.0 Å². The highest BCUT2D eigenvalue weighted by atomic mass is 19.1. The number of likely N-dealkylation sites (tertiary alicyclic amines) is 1. The fourth-order valence-electron chi connectivity index (χ4n) is 4.78. The van der Waals surface area contributed by atoms with Crippen LogP contribution in [0.15, 0.2) is 60.9 Å². The average Bonchev–Trinajstić information content (AvgIpc) is 3.29. The minimum Gasteiger partial charge on any atom is -0.489 e. The Morgan fingerprint density at radius 2 is 2.03 bits per heavy atom. The fraction of sp³-hybridized carbons (Fsp3) is 0.276. The third kappa shape index (κ3) is 4.67. The summed E-state index contributed by atoms with van der Waals surface area (Å²) in [4.78, 5) is 24.2. The van der Waals surface area contributed by atoms with Crippen LogP contribution >= 0.6 is 0 Å². The molecule has 2 aromatic heterocycles. The first-order valence-corrected chi connectivity index (χ1v) is 12.1. The Labute approximate surface area is 209 Å². The van der Waals surface area contributed by atoms with Crippen LogP contribution in [-0.4, -0.2) is 31.7 Å². The second-order valence-corrected chi connectivity index (χ2v) is 8.88. The van der Waals surface area contributed by atoms with E-state index in [0.717, 1.165) is 53.1 Å². The van der Waals surface area contributed by atoms with Crippen molar-refractivity contribution < 1.29 is 13.9 Å². The number of halogens is 1. The van der Waals surface area contributed by atoms with Crippen LogP contribution in [0.1, 0.15) is 49.3 Å². The number of hydrogen-bond acceptors (Lipinski definition) is 4. The monoisotopic (exact) mass is 482 g/mol. The number of carbonyl (C=O) groups is 1. The second-order valence-electron chi connectivity index (χ2n) is 8.88. The number of amides is 1. The third-order valence-electron chi connectivity index (χ3n) is 6.48. The van der Waals surface area contributed by atoms with Crippen LogP contribution in [-0.2, 0) is 11.4 Å². The van der Waals surface area contributed by atoms with Gasteiger partial charge in [-0.25, -0.2) is 9.37 Å². The van der Waals surface area contributed by atoms with Crippen LogP contribution in [0.3, 0.4) is 0 Å². The molecule has 1 amide bonds. The minimum absolute atomic E-state index is 0.149. The van der Waals surface area contributed by atoms with E-state index in [4.69, 9.17) is 9.72 Å². The van der Waals surface area contributed by atoms with Crippen LogP contribution < -0.4 is 4.74 Å². The molecule has 0 aliphatic carbocycles. The maximum Gasteiger partial charge on any atom is 0.299 e. The number of carbonyl (C=O) groups excluding carboxylic acids is 1. The Hall–Kier alpha value is -4.18. The normalized spacial score (nSPS) is 15.4. The highest BCUT2D eigenvalue weighted by Crippen LogP contribution is 2.35. The lowest BCUT2D eigenvalue weighted by Crippen LogP contribution is -2.38. The van der Waals surface area contributed by atoms with E-state index in [2.05, 4.69) is 21.2 Å². The molecule has 0 radical (unpaired) electrons. The van der Waals surface area contributed by atoms with Crippen molar-refractivity contribution in [1.29, 1.82) is 0 Å². The van der Waals surface area contributed by atoms with Crippen molar-refractivity contribution in [3.8, 4) is 28.8 Å². The molecule has 7 heteroatoms. The molecule has 3 heterocycles. The Morgan fingerprint density at radius 3 is 2.81 bits per heavy atom. The summed E-state index contributed by atoms with van der Waals surface area (Å²) in [6.07, 6.45) is 6.50. The zero-order valence-corrected chi connectivity index (χ0v) is 20.4. The Kier molecular flexibility index (Phi) is 6.68. The van der Waals surface area contributed by atoms with E-state index in [9.17, 15) is 9.18 Å². The predicted octanol–water partition coefficient (Wildman–Crippen LogP) is 5.50. The van der Waals surface area contributed by atoms with E-state index in [1.165, 1.54) is 12.1 Å². The van der Waals surface area contributed by atoms with Crippen LogP contribution in [0.25, 0.3) is 16.8 Å². The maximum atomic E-state index is 13.4. The van der Waals surface area contributed by atoms with Crippen LogP contribution in [0.2, 0.25) is 0 Å². The molecule has 1 atom stereocenters. The van der Waals surface area contributed by atoms with Gasteiger partial charge in [0.1, 0.15) is 24.0 Å². The molecule has 4 aromatic rings. The molecular formula is C29H27FN4O2. The minimum atomic E-state index is -0.280. The second kappa shape index (κ2) is 10.2. The lowest BCUT2D eigenvalue weighted by molar-refractivity contribution is -0.129. The number of piperidine rings is 1. The summed E-state index contributed by atoms with van der Waals surface area (Å²) in [6, 6.07) is 13.9. The number of aromatic nitrogens is 3. The summed E-state index contributed by atoms with van der Waals surface area (Å²) >= 11 is 0. The molecular weight excluding hydrogens is 455 g/mol. The molecule has 1 aliphatic heterocycles. The molecule has 0 bridgehead atoms. The van der Waals surface area contributed by atoms with Crippen molar-refractivity contribution in [2.45, 2.75) is 45.8 Å². The molecule has 0 spiro atoms. The first kappa shape index (κ1) is 23.6. The number of rotatable bonds is 5. The summed E-state index contributed by atoms with van der Waals surface area (Å²) in [5.41, 5.74) is 4.28. The molecule has 2 aromatic carbocycles. The van der Waals surface area contributed by atoms with Gasteiger partial charge in [-0.1, -0.05) is 18.1 Å². The van der Waals surface area contributed by atoms with E-state index >= 15 is 0 Å². The van der Waals surface area contributed by atoms with E-state index in [1.54, 1.807) is 19.2 Å². The number of hydrogen-bond donors (Lipinski definition) is 0. The largest absolute Gasteiger partial charge is 0.489 e. The standard InChI is InChI=1S/C29H27FN4O2/c1-3-7-26(35)33-16-5-4-10-25(33)29-32-27(28-20(2)31-15-17-34(28)29)22-11-13-24(14-12-22)36-19-21-8-6-9-23(30)18-21/h6,8-9,11-15,17-18,25H,4-5,10,16,19H2,1-2H3/t25-/m0/s1. The summed E-state index contributed by atoms with van der Waals surface area (Å²) in [5.74, 6) is 6.50. The first-order valence-electron chi connectivity index (χ1n) is 12.1. The smallest absolute Gasteiger partial charge is 0.299 e. The molecule has 0 saturated carbocycles. The lowest BCUT2D eigenvalue weighted by Gasteiger charge is -2.33. The number of aryl methyl sites for hydroxylation is 1. The van der Waals surface area contributed by atoms with Crippen molar-refractivity contribution >= 4 is 11.4 Å². The van der Waals surface area contributed by atoms with E-state index < -0.39 is 0 Å². The van der Waals surface area contributed by atoms with Gasteiger partial charge in [0, 0.05) is 24.5 Å². The molecule has 6 nitrogen and oxygen atoms in total. The summed E-state index contributed by atoms with van der Waals surface area (Å²) < 4.78 is 21.3. The zero-order valence-electron chi connectivity index (χ0n) is 20.4. The molecule has 0 N–H and O–H groups in total. The lowest BCUT2D eigenvalue weighted by atomic mass is 10.0. The van der Waals surface area contributed by atoms with Crippen molar-refractivity contribution in [3.63, 3.8) is 0 Å². The number of imidazole rings is 1. The van der Waals surface area contributed by atoms with Gasteiger partial charge in [-0.2, -0.15) is 0 Å². The van der Waals surface area contributed by atoms with Crippen LogP contribution in [0.5, 0.6) is 5.75 Å². The van der Waals surface area contributed by atoms with Crippen molar-refractivity contribution in [3.05, 3.63) is 83.8 Å². The SMILES string of the molecule is CC#CC(=O)N1CCCC[C@H]1c1nc(-c2ccc(OCc3cccc(F)c3)cc2)c2c(C)nccn12. The van der Waals surface area contributed by atoms with E-state index in [1.807, 2.05) is 48.4 Å². The van der Waals surface area contributed by atoms with Crippen molar-refractivity contribution in [2.75, 3.05) is 6.54 Å². The molecule has 0 unspecified atom stereocenters. The molecule has 1 aliphatic rings. The van der Waals surface area contributed by atoms with Crippen molar-refractivity contribution in [1.82, 2.24) is 19.3 Å². The van der Waals surface area contributed by atoms with Gasteiger partial charge in [0.05, 0.1) is 22.9 Å². The van der Waals surface area contributed by atoms with Gasteiger partial charge < -0.3 is 9.64 Å². The zero-order chi connectivity index (χ0) is 25.1. The molecule has 36 heavy (non-hydrogen) atoms. The van der Waals surface area contributed by atoms with E-state index in [0.29, 0.717) is 12.3 Å². The van der Waals surface area contributed by atoms with Crippen molar-refractivity contribution in [2.24, 2.45) is 0 Å². The summed E-state index contributed by atoms with van der Waals surface area (Å²) in [5, 5.41) is 0. The number of benzene rings is 2. The number of ether oxygens (including phenoxy) is 1. The summed E-state index contributed by atoms with van der Waals surface area (Å²) in [6.45, 7) is 4.60. The third-order valence-corrected chi connectivity index (χ3v) is 6.48. The Morgan fingerprint density at radius 1 is 1.19 bits per heavy atom. The fourth-order valence-corrected chi connectivity index (χ4v) is 4.78. The van der Waals surface area contributed by atoms with Gasteiger partial charge >= 0.3 is 0 Å². The van der Waals surface area contributed by atoms with Crippen LogP contribution in [0.4, 0.5) is 4.39 Å². The predicted molar refractivity (Wildman–Crippen MR) is 136 cm³/mol. The first-order chi connectivity index (χ1) is 17.5. The molecule has 1 fully saturated rings. The Balaban J connectivity index is 1.48. The highest BCUT2D eigenvalue weighted by molar-refractivity contribution is 5.93. The van der Waals surface area contributed by atoms with Crippen LogP contribution in [0, 0.1) is 24.6 Å². The summed E-state index contributed by atoms with van der Waals surface area (Å²) in [7, 11) is 0. The molecule has 182 valence electrons. The molecule has 5 rings (SSSR count). The van der Waals surface area contributed by atoms with Gasteiger partial charge in [-0.3, -0.25) is 14.2 Å². The Bertz CT molecular complexity index is 1470. The molecule has 1 saturated heterocycles. The quantitative estimate of drug-likeness (QED) is 0.353. The van der Waals surface area contributed by atoms with Gasteiger partial charge in [0.25, 0.3) is 5.91 Å². The van der Waals surface area contributed by atoms with Gasteiger partial charge in [0.2, 0.25) is 0 Å². The topological polar surface area (TPSA) is 59.7 Å². The van der Waals surface area contributed by atoms with Gasteiger partial charge in [-0.15, -0.1) is 0 Å². The maximum absolute atomic E-state index is 13.4. The number of nitrogens with zero attached hydrogens (tertiary/aromatic N) is 4. The highest BCUT2D eigenvalue weighted by Gasteiger charge is 2.31. The van der Waals surface area contributed by atoms with E-state index in [-0.39, 0.29) is 24.4 Å². The number of fused-ring (bicyclic) bond motifs is 1. The average molecular weight is 483 g/mol. The van der Waals surface area contributed by atoms with Gasteiger partial charge in [0.15, 0.2) is 0 Å².